The molecule has 0 saturated heterocycles. The average molecular weight is 233 g/mol. The predicted octanol–water partition coefficient (Wildman–Crippen LogP) is 0.635. The molecule has 0 amide bonds. The van der Waals surface area contributed by atoms with Gasteiger partial charge in [-0.05, 0) is 12.1 Å². The number of nitro groups is 1. The second-order valence-corrected chi connectivity index (χ2v) is 4.24. The van der Waals surface area contributed by atoms with E-state index in [1.54, 1.807) is 0 Å². The lowest BCUT2D eigenvalue weighted by molar-refractivity contribution is -0.386. The topological polar surface area (TPSA) is 107 Å². The molecular formula is C7H7NO6S. The van der Waals surface area contributed by atoms with Crippen molar-refractivity contribution >= 4 is 15.8 Å². The quantitative estimate of drug-likeness (QED) is 0.466. The van der Waals surface area contributed by atoms with E-state index in [0.29, 0.717) is 0 Å². The normalized spacial score (nSPS) is 11.3. The molecule has 0 aliphatic rings. The Morgan fingerprint density at radius 3 is 2.53 bits per heavy atom. The van der Waals surface area contributed by atoms with Crippen molar-refractivity contribution in [3.63, 3.8) is 0 Å². The van der Waals surface area contributed by atoms with E-state index in [0.717, 1.165) is 25.3 Å². The SMILES string of the molecule is COS(=O)(=O)c1ccc(O)c([N+](=O)[O-])c1. The summed E-state index contributed by atoms with van der Waals surface area (Å²) in [6.07, 6.45) is 0. The number of nitrogens with zero attached hydrogens (tertiary/aromatic N) is 1. The molecule has 0 unspecified atom stereocenters. The minimum Gasteiger partial charge on any atom is -0.502 e. The van der Waals surface area contributed by atoms with Gasteiger partial charge in [-0.25, -0.2) is 0 Å². The molecule has 0 fully saturated rings. The molecule has 0 aliphatic heterocycles. The highest BCUT2D eigenvalue weighted by Crippen LogP contribution is 2.28. The average Bonchev–Trinajstić information content (AvgIpc) is 2.17. The zero-order valence-electron chi connectivity index (χ0n) is 7.58. The second kappa shape index (κ2) is 3.83. The van der Waals surface area contributed by atoms with Gasteiger partial charge in [-0.15, -0.1) is 0 Å². The Kier molecular flexibility index (Phi) is 2.91. The second-order valence-electron chi connectivity index (χ2n) is 2.53. The first kappa shape index (κ1) is 11.4. The minimum atomic E-state index is -3.99. The number of phenolic OH excluding ortho intramolecular Hbond substituents is 1. The van der Waals surface area contributed by atoms with Crippen molar-refractivity contribution in [2.75, 3.05) is 7.11 Å². The predicted molar refractivity (Wildman–Crippen MR) is 49.0 cm³/mol. The van der Waals surface area contributed by atoms with Gasteiger partial charge in [0.05, 0.1) is 12.0 Å². The van der Waals surface area contributed by atoms with E-state index in [2.05, 4.69) is 4.18 Å². The third-order valence-corrected chi connectivity index (χ3v) is 2.92. The highest BCUT2D eigenvalue weighted by atomic mass is 32.2. The van der Waals surface area contributed by atoms with Gasteiger partial charge < -0.3 is 5.11 Å². The van der Waals surface area contributed by atoms with E-state index in [1.165, 1.54) is 0 Å². The van der Waals surface area contributed by atoms with Crippen LogP contribution in [0.3, 0.4) is 0 Å². The highest BCUT2D eigenvalue weighted by molar-refractivity contribution is 7.86. The van der Waals surface area contributed by atoms with Crippen LogP contribution in [0.1, 0.15) is 0 Å². The van der Waals surface area contributed by atoms with Crippen molar-refractivity contribution in [3.8, 4) is 5.75 Å². The van der Waals surface area contributed by atoms with E-state index in [9.17, 15) is 18.5 Å². The lowest BCUT2D eigenvalue weighted by Gasteiger charge is -2.01. The third-order valence-electron chi connectivity index (χ3n) is 1.65. The minimum absolute atomic E-state index is 0.380. The van der Waals surface area contributed by atoms with E-state index in [1.807, 2.05) is 0 Å². The maximum Gasteiger partial charge on any atom is 0.312 e. The number of nitro benzene ring substituents is 1. The summed E-state index contributed by atoms with van der Waals surface area (Å²) in [6, 6.07) is 2.67. The number of benzene rings is 1. The van der Waals surface area contributed by atoms with E-state index in [4.69, 9.17) is 5.11 Å². The summed E-state index contributed by atoms with van der Waals surface area (Å²) in [5, 5.41) is 19.5. The number of phenols is 1. The Morgan fingerprint density at radius 2 is 2.07 bits per heavy atom. The Labute approximate surface area is 85.2 Å². The molecule has 0 bridgehead atoms. The number of hydrogen-bond donors (Lipinski definition) is 1. The van der Waals surface area contributed by atoms with Gasteiger partial charge in [0.2, 0.25) is 0 Å². The molecule has 0 saturated carbocycles. The molecule has 0 radical (unpaired) electrons. The van der Waals surface area contributed by atoms with Crippen LogP contribution in [0.5, 0.6) is 5.75 Å². The monoisotopic (exact) mass is 233 g/mol. The number of hydrogen-bond acceptors (Lipinski definition) is 6. The molecule has 0 aromatic heterocycles. The maximum absolute atomic E-state index is 11.2. The summed E-state index contributed by atoms with van der Waals surface area (Å²) in [5.41, 5.74) is -0.687. The molecule has 0 heterocycles. The van der Waals surface area contributed by atoms with Crippen LogP contribution in [0.4, 0.5) is 5.69 Å². The molecular weight excluding hydrogens is 226 g/mol. The molecule has 7 nitrogen and oxygen atoms in total. The summed E-state index contributed by atoms with van der Waals surface area (Å²) < 4.78 is 26.5. The van der Waals surface area contributed by atoms with Crippen LogP contribution >= 0.6 is 0 Å². The first-order chi connectivity index (χ1) is 6.88. The Balaban J connectivity index is 3.38. The van der Waals surface area contributed by atoms with Crippen LogP contribution < -0.4 is 0 Å². The van der Waals surface area contributed by atoms with Gasteiger partial charge in [0.1, 0.15) is 4.90 Å². The molecule has 0 atom stereocenters. The van der Waals surface area contributed by atoms with Crippen molar-refractivity contribution < 1.29 is 22.6 Å². The van der Waals surface area contributed by atoms with Crippen molar-refractivity contribution in [3.05, 3.63) is 28.3 Å². The molecule has 1 aromatic carbocycles. The number of aromatic hydroxyl groups is 1. The van der Waals surface area contributed by atoms with Crippen molar-refractivity contribution in [2.24, 2.45) is 0 Å². The lowest BCUT2D eigenvalue weighted by Crippen LogP contribution is -2.03. The van der Waals surface area contributed by atoms with E-state index < -0.39 is 26.5 Å². The Hall–Kier alpha value is -1.67. The summed E-state index contributed by atoms with van der Waals surface area (Å²) >= 11 is 0. The first-order valence-electron chi connectivity index (χ1n) is 3.66. The fourth-order valence-corrected chi connectivity index (χ4v) is 1.58. The summed E-state index contributed by atoms with van der Waals surface area (Å²) in [5.74, 6) is -0.602. The van der Waals surface area contributed by atoms with Gasteiger partial charge in [0.25, 0.3) is 10.1 Å². The lowest BCUT2D eigenvalue weighted by atomic mass is 10.3. The smallest absolute Gasteiger partial charge is 0.312 e. The molecule has 82 valence electrons. The highest BCUT2D eigenvalue weighted by Gasteiger charge is 2.20. The van der Waals surface area contributed by atoms with Gasteiger partial charge in [-0.1, -0.05) is 0 Å². The van der Waals surface area contributed by atoms with Crippen LogP contribution in [0.15, 0.2) is 23.1 Å². The molecule has 8 heteroatoms. The van der Waals surface area contributed by atoms with Gasteiger partial charge in [-0.2, -0.15) is 8.42 Å². The van der Waals surface area contributed by atoms with Gasteiger partial charge in [0, 0.05) is 6.07 Å². The third kappa shape index (κ3) is 2.22. The molecule has 0 aliphatic carbocycles. The molecule has 15 heavy (non-hydrogen) atoms. The van der Waals surface area contributed by atoms with Crippen molar-refractivity contribution in [1.29, 1.82) is 0 Å². The van der Waals surface area contributed by atoms with Crippen LogP contribution in [0, 0.1) is 10.1 Å². The molecule has 1 aromatic rings. The Bertz CT molecular complexity index is 494. The summed E-state index contributed by atoms with van der Waals surface area (Å²) in [7, 11) is -3.05. The van der Waals surface area contributed by atoms with E-state index >= 15 is 0 Å². The standard InChI is InChI=1S/C7H7NO6S/c1-14-15(12,13)5-2-3-7(9)6(4-5)8(10)11/h2-4,9H,1H3. The van der Waals surface area contributed by atoms with Gasteiger partial charge >= 0.3 is 5.69 Å². The first-order valence-corrected chi connectivity index (χ1v) is 5.07. The zero-order chi connectivity index (χ0) is 11.6. The van der Waals surface area contributed by atoms with Gasteiger partial charge in [-0.3, -0.25) is 14.3 Å². The van der Waals surface area contributed by atoms with Crippen LogP contribution in [-0.4, -0.2) is 25.6 Å². The molecule has 0 spiro atoms. The summed E-state index contributed by atoms with van der Waals surface area (Å²) in [4.78, 5) is 9.13. The van der Waals surface area contributed by atoms with Crippen LogP contribution in [-0.2, 0) is 14.3 Å². The molecule has 1 rings (SSSR count). The molecule has 1 N–H and O–H groups in total. The van der Waals surface area contributed by atoms with Crippen molar-refractivity contribution in [2.45, 2.75) is 4.90 Å². The fourth-order valence-electron chi connectivity index (χ4n) is 0.901. The van der Waals surface area contributed by atoms with Gasteiger partial charge in [0.15, 0.2) is 5.75 Å². The zero-order valence-corrected chi connectivity index (χ0v) is 8.39. The largest absolute Gasteiger partial charge is 0.502 e. The van der Waals surface area contributed by atoms with Crippen LogP contribution in [0.25, 0.3) is 0 Å². The van der Waals surface area contributed by atoms with E-state index in [-0.39, 0.29) is 4.90 Å². The fraction of sp³-hybridized carbons (Fsp3) is 0.143. The number of rotatable bonds is 3. The maximum atomic E-state index is 11.2. The van der Waals surface area contributed by atoms with Crippen LogP contribution in [0.2, 0.25) is 0 Å². The van der Waals surface area contributed by atoms with Crippen molar-refractivity contribution in [1.82, 2.24) is 0 Å². The summed E-state index contributed by atoms with van der Waals surface area (Å²) in [6.45, 7) is 0. The Morgan fingerprint density at radius 1 is 1.47 bits per heavy atom.